The number of quaternary nitrogens is 1. The summed E-state index contributed by atoms with van der Waals surface area (Å²) in [5.41, 5.74) is -0.585. The van der Waals surface area contributed by atoms with Gasteiger partial charge in [0.15, 0.2) is 17.8 Å². The largest absolute Gasteiger partial charge is 0.497 e. The van der Waals surface area contributed by atoms with Crippen LogP contribution >= 0.6 is 0 Å². The molecular formula is C23H30F2N3O4+. The van der Waals surface area contributed by atoms with Crippen molar-refractivity contribution in [1.29, 1.82) is 0 Å². The number of halogens is 2. The SMILES string of the molecule is C=CC(F)(F)c1nc2ccc(OC)cc2nc1O[C@H]1C[NH2+][C@H](C(=O)OC(C)(C)C)[C@@H]1CC. The van der Waals surface area contributed by atoms with Gasteiger partial charge in [-0.05, 0) is 45.4 Å². The second-order valence-electron chi connectivity index (χ2n) is 8.82. The predicted octanol–water partition coefficient (Wildman–Crippen LogP) is 2.98. The number of nitrogens with two attached hydrogens (primary N) is 1. The maximum absolute atomic E-state index is 14.7. The van der Waals surface area contributed by atoms with Crippen molar-refractivity contribution in [3.63, 3.8) is 0 Å². The zero-order valence-electron chi connectivity index (χ0n) is 19.0. The molecule has 0 radical (unpaired) electrons. The zero-order valence-corrected chi connectivity index (χ0v) is 19.0. The van der Waals surface area contributed by atoms with Crippen LogP contribution in [0.25, 0.3) is 11.0 Å². The molecule has 1 aromatic carbocycles. The van der Waals surface area contributed by atoms with Crippen LogP contribution in [0.2, 0.25) is 0 Å². The van der Waals surface area contributed by atoms with Gasteiger partial charge in [0.1, 0.15) is 17.9 Å². The Bertz CT molecular complexity index is 1010. The zero-order chi connectivity index (χ0) is 23.7. The van der Waals surface area contributed by atoms with E-state index in [9.17, 15) is 13.6 Å². The van der Waals surface area contributed by atoms with Crippen molar-refractivity contribution in [3.05, 3.63) is 36.5 Å². The van der Waals surface area contributed by atoms with Crippen LogP contribution in [0.5, 0.6) is 11.6 Å². The van der Waals surface area contributed by atoms with Crippen molar-refractivity contribution < 1.29 is 33.1 Å². The number of hydrogen-bond donors (Lipinski definition) is 1. The van der Waals surface area contributed by atoms with Crippen molar-refractivity contribution in [3.8, 4) is 11.6 Å². The van der Waals surface area contributed by atoms with Gasteiger partial charge in [0, 0.05) is 6.07 Å². The summed E-state index contributed by atoms with van der Waals surface area (Å²) in [7, 11) is 1.50. The Morgan fingerprint density at radius 3 is 2.59 bits per heavy atom. The summed E-state index contributed by atoms with van der Waals surface area (Å²) in [4.78, 5) is 21.1. The van der Waals surface area contributed by atoms with Gasteiger partial charge in [-0.25, -0.2) is 14.8 Å². The molecule has 1 aromatic heterocycles. The molecular weight excluding hydrogens is 420 g/mol. The topological polar surface area (TPSA) is 87.2 Å². The van der Waals surface area contributed by atoms with Gasteiger partial charge in [-0.15, -0.1) is 0 Å². The van der Waals surface area contributed by atoms with Crippen LogP contribution in [-0.2, 0) is 15.5 Å². The van der Waals surface area contributed by atoms with Gasteiger partial charge in [0.25, 0.3) is 0 Å². The molecule has 0 amide bonds. The Morgan fingerprint density at radius 2 is 2.00 bits per heavy atom. The smallest absolute Gasteiger partial charge is 0.365 e. The Labute approximate surface area is 186 Å². The molecule has 1 aliphatic rings. The number of methoxy groups -OCH3 is 1. The lowest BCUT2D eigenvalue weighted by molar-refractivity contribution is -0.663. The van der Waals surface area contributed by atoms with Crippen LogP contribution in [0.4, 0.5) is 8.78 Å². The van der Waals surface area contributed by atoms with Gasteiger partial charge in [-0.3, -0.25) is 0 Å². The molecule has 174 valence electrons. The molecule has 2 heterocycles. The summed E-state index contributed by atoms with van der Waals surface area (Å²) in [6.07, 6.45) is 0.600. The van der Waals surface area contributed by atoms with Gasteiger partial charge in [-0.2, -0.15) is 8.78 Å². The predicted molar refractivity (Wildman–Crippen MR) is 115 cm³/mol. The third kappa shape index (κ3) is 4.98. The standard InChI is InChI=1S/C23H29F2N3O4/c1-7-14-17(12-26-18(14)21(29)32-22(3,4)5)31-20-19(23(24,25)8-2)27-15-10-9-13(30-6)11-16(15)28-20/h8-11,14,17-18,26H,2,7,12H2,1,3-6H3/p+1/t14-,17+,18+/m1/s1. The van der Waals surface area contributed by atoms with E-state index in [1.54, 1.807) is 39.0 Å². The number of ether oxygens (including phenoxy) is 3. The van der Waals surface area contributed by atoms with Gasteiger partial charge >= 0.3 is 11.9 Å². The molecule has 0 aliphatic carbocycles. The van der Waals surface area contributed by atoms with E-state index in [-0.39, 0.29) is 23.3 Å². The molecule has 0 unspecified atom stereocenters. The number of rotatable bonds is 7. The lowest BCUT2D eigenvalue weighted by Gasteiger charge is -2.24. The maximum Gasteiger partial charge on any atom is 0.365 e. The second kappa shape index (κ2) is 8.97. The second-order valence-corrected chi connectivity index (χ2v) is 8.82. The molecule has 1 fully saturated rings. The highest BCUT2D eigenvalue weighted by Gasteiger charge is 2.47. The minimum absolute atomic E-state index is 0.238. The fourth-order valence-electron chi connectivity index (χ4n) is 3.84. The van der Waals surface area contributed by atoms with E-state index in [1.165, 1.54) is 7.11 Å². The molecule has 1 aliphatic heterocycles. The highest BCUT2D eigenvalue weighted by Crippen LogP contribution is 2.36. The minimum atomic E-state index is -3.44. The van der Waals surface area contributed by atoms with E-state index in [0.29, 0.717) is 30.3 Å². The first-order chi connectivity index (χ1) is 15.0. The molecule has 0 saturated carbocycles. The number of hydrogen-bond acceptors (Lipinski definition) is 6. The van der Waals surface area contributed by atoms with E-state index in [2.05, 4.69) is 16.5 Å². The van der Waals surface area contributed by atoms with Gasteiger partial charge in [-0.1, -0.05) is 13.5 Å². The van der Waals surface area contributed by atoms with Crippen LogP contribution in [0.1, 0.15) is 39.8 Å². The number of nitrogens with zero attached hydrogens (tertiary/aromatic N) is 2. The summed E-state index contributed by atoms with van der Waals surface area (Å²) in [5.74, 6) is -3.78. The summed E-state index contributed by atoms with van der Waals surface area (Å²) in [6, 6.07) is 4.30. The molecule has 2 aromatic rings. The fourth-order valence-corrected chi connectivity index (χ4v) is 3.84. The van der Waals surface area contributed by atoms with E-state index < -0.39 is 29.4 Å². The first kappa shape index (κ1) is 23.8. The van der Waals surface area contributed by atoms with Gasteiger partial charge in [0.2, 0.25) is 5.88 Å². The number of alkyl halides is 2. The van der Waals surface area contributed by atoms with Gasteiger partial charge < -0.3 is 19.5 Å². The Kier molecular flexibility index (Phi) is 6.69. The van der Waals surface area contributed by atoms with Crippen molar-refractivity contribution in [1.82, 2.24) is 9.97 Å². The highest BCUT2D eigenvalue weighted by molar-refractivity contribution is 5.77. The number of carbonyl (C=O) groups is 1. The van der Waals surface area contributed by atoms with E-state index in [0.717, 1.165) is 0 Å². The third-order valence-electron chi connectivity index (χ3n) is 5.39. The van der Waals surface area contributed by atoms with Crippen molar-refractivity contribution >= 4 is 17.0 Å². The van der Waals surface area contributed by atoms with Crippen LogP contribution in [0.15, 0.2) is 30.9 Å². The van der Waals surface area contributed by atoms with Crippen molar-refractivity contribution in [2.75, 3.05) is 13.7 Å². The molecule has 3 atom stereocenters. The number of benzene rings is 1. The lowest BCUT2D eigenvalue weighted by Crippen LogP contribution is -2.90. The summed E-state index contributed by atoms with van der Waals surface area (Å²) in [5, 5.41) is 1.83. The number of allylic oxidation sites excluding steroid dienone is 1. The van der Waals surface area contributed by atoms with E-state index in [4.69, 9.17) is 14.2 Å². The molecule has 1 saturated heterocycles. The molecule has 3 rings (SSSR count). The first-order valence-electron chi connectivity index (χ1n) is 10.6. The van der Waals surface area contributed by atoms with Crippen molar-refractivity contribution in [2.24, 2.45) is 5.92 Å². The highest BCUT2D eigenvalue weighted by atomic mass is 19.3. The third-order valence-corrected chi connectivity index (χ3v) is 5.39. The summed E-state index contributed by atoms with van der Waals surface area (Å²) < 4.78 is 46.0. The summed E-state index contributed by atoms with van der Waals surface area (Å²) in [6.45, 7) is 11.0. The maximum atomic E-state index is 14.7. The molecule has 2 N–H and O–H groups in total. The molecule has 32 heavy (non-hydrogen) atoms. The Hall–Kier alpha value is -2.81. The first-order valence-corrected chi connectivity index (χ1v) is 10.6. The Balaban J connectivity index is 1.96. The average molecular weight is 451 g/mol. The summed E-state index contributed by atoms with van der Waals surface area (Å²) >= 11 is 0. The number of aromatic nitrogens is 2. The van der Waals surface area contributed by atoms with Crippen molar-refractivity contribution in [2.45, 2.75) is 57.8 Å². The number of carbonyl (C=O) groups excluding carboxylic acids is 1. The lowest BCUT2D eigenvalue weighted by atomic mass is 9.95. The number of esters is 1. The molecule has 7 nitrogen and oxygen atoms in total. The van der Waals surface area contributed by atoms with Crippen LogP contribution < -0.4 is 14.8 Å². The van der Waals surface area contributed by atoms with E-state index >= 15 is 0 Å². The normalized spacial score (nSPS) is 21.4. The van der Waals surface area contributed by atoms with Crippen LogP contribution in [0.3, 0.4) is 0 Å². The van der Waals surface area contributed by atoms with Crippen LogP contribution in [0, 0.1) is 5.92 Å². The minimum Gasteiger partial charge on any atom is -0.497 e. The fraction of sp³-hybridized carbons (Fsp3) is 0.522. The number of fused-ring (bicyclic) bond motifs is 1. The quantitative estimate of drug-likeness (QED) is 0.516. The molecule has 0 spiro atoms. The monoisotopic (exact) mass is 450 g/mol. The Morgan fingerprint density at radius 1 is 1.28 bits per heavy atom. The van der Waals surface area contributed by atoms with Gasteiger partial charge in [0.05, 0.1) is 24.1 Å². The van der Waals surface area contributed by atoms with E-state index in [1.807, 2.05) is 12.2 Å². The molecule has 0 bridgehead atoms. The average Bonchev–Trinajstić information content (AvgIpc) is 3.14. The van der Waals surface area contributed by atoms with Crippen LogP contribution in [-0.4, -0.2) is 47.3 Å². The molecule has 9 heteroatoms.